The highest BCUT2D eigenvalue weighted by Gasteiger charge is 1.96. The van der Waals surface area contributed by atoms with Gasteiger partial charge in [0.15, 0.2) is 0 Å². The molecule has 1 N–H and O–H groups in total. The van der Waals surface area contributed by atoms with Gasteiger partial charge in [-0.2, -0.15) is 0 Å². The lowest BCUT2D eigenvalue weighted by Crippen LogP contribution is -1.93. The van der Waals surface area contributed by atoms with Gasteiger partial charge in [0.1, 0.15) is 0 Å². The van der Waals surface area contributed by atoms with E-state index >= 15 is 0 Å². The van der Waals surface area contributed by atoms with Crippen molar-refractivity contribution in [1.82, 2.24) is 0 Å². The Morgan fingerprint density at radius 1 is 0.714 bits per heavy atom. The van der Waals surface area contributed by atoms with Crippen LogP contribution < -0.4 is 0 Å². The summed E-state index contributed by atoms with van der Waals surface area (Å²) in [5.41, 5.74) is 0. The molecule has 0 aromatic rings. The first-order chi connectivity index (χ1) is 10.3. The zero-order valence-electron chi connectivity index (χ0n) is 14.1. The second-order valence-electron chi connectivity index (χ2n) is 6.08. The number of carbonyl (C=O) groups is 1. The standard InChI is InChI=1S/C19H36O2/c1-2-3-4-5-6-7-8-9-10-11-12-13-14-15-16-17-18-19(20)21/h8-9H,2-7,10-18H2,1H3,(H,20,21). The van der Waals surface area contributed by atoms with Gasteiger partial charge in [-0.3, -0.25) is 4.79 Å². The van der Waals surface area contributed by atoms with Crippen LogP contribution in [0.3, 0.4) is 0 Å². The van der Waals surface area contributed by atoms with E-state index in [0.29, 0.717) is 6.42 Å². The Balaban J connectivity index is 3.06. The van der Waals surface area contributed by atoms with Gasteiger partial charge in [0.25, 0.3) is 0 Å². The number of hydrogen-bond acceptors (Lipinski definition) is 1. The van der Waals surface area contributed by atoms with Crippen molar-refractivity contribution in [3.05, 3.63) is 12.2 Å². The summed E-state index contributed by atoms with van der Waals surface area (Å²) in [6, 6.07) is 0. The van der Waals surface area contributed by atoms with Crippen LogP contribution in [0.25, 0.3) is 0 Å². The van der Waals surface area contributed by atoms with Gasteiger partial charge in [-0.25, -0.2) is 0 Å². The van der Waals surface area contributed by atoms with Gasteiger partial charge in [-0.05, 0) is 32.1 Å². The Morgan fingerprint density at radius 2 is 1.14 bits per heavy atom. The van der Waals surface area contributed by atoms with Gasteiger partial charge in [-0.15, -0.1) is 0 Å². The molecule has 0 aromatic carbocycles. The number of hydrogen-bond donors (Lipinski definition) is 1. The Hall–Kier alpha value is -0.790. The second-order valence-corrected chi connectivity index (χ2v) is 6.08. The molecule has 0 heterocycles. The molecule has 21 heavy (non-hydrogen) atoms. The molecule has 2 nitrogen and oxygen atoms in total. The molecular formula is C19H36O2. The summed E-state index contributed by atoms with van der Waals surface area (Å²) in [6.07, 6.45) is 22.7. The number of aliphatic carboxylic acids is 1. The molecule has 0 atom stereocenters. The number of carboxylic acids is 1. The first-order valence-electron chi connectivity index (χ1n) is 9.14. The maximum absolute atomic E-state index is 10.3. The summed E-state index contributed by atoms with van der Waals surface area (Å²) in [6.45, 7) is 2.26. The molecule has 0 aliphatic carbocycles. The van der Waals surface area contributed by atoms with E-state index in [1.54, 1.807) is 0 Å². The van der Waals surface area contributed by atoms with Crippen molar-refractivity contribution in [2.24, 2.45) is 0 Å². The molecule has 0 radical (unpaired) electrons. The molecule has 0 saturated heterocycles. The lowest BCUT2D eigenvalue weighted by Gasteiger charge is -2.00. The molecule has 0 bridgehead atoms. The number of rotatable bonds is 16. The zero-order valence-corrected chi connectivity index (χ0v) is 14.1. The van der Waals surface area contributed by atoms with Crippen LogP contribution >= 0.6 is 0 Å². The fourth-order valence-corrected chi connectivity index (χ4v) is 2.52. The van der Waals surface area contributed by atoms with E-state index in [0.717, 1.165) is 12.8 Å². The summed E-state index contributed by atoms with van der Waals surface area (Å²) < 4.78 is 0. The van der Waals surface area contributed by atoms with Crippen LogP contribution in [0.5, 0.6) is 0 Å². The predicted molar refractivity (Wildman–Crippen MR) is 91.7 cm³/mol. The second kappa shape index (κ2) is 17.3. The first-order valence-corrected chi connectivity index (χ1v) is 9.14. The quantitative estimate of drug-likeness (QED) is 0.261. The highest BCUT2D eigenvalue weighted by molar-refractivity contribution is 5.66. The molecular weight excluding hydrogens is 260 g/mol. The van der Waals surface area contributed by atoms with Crippen molar-refractivity contribution in [3.8, 4) is 0 Å². The molecule has 0 aromatic heterocycles. The van der Waals surface area contributed by atoms with E-state index in [1.165, 1.54) is 77.0 Å². The Morgan fingerprint density at radius 3 is 1.62 bits per heavy atom. The largest absolute Gasteiger partial charge is 0.481 e. The van der Waals surface area contributed by atoms with Gasteiger partial charge in [-0.1, -0.05) is 76.9 Å². The molecule has 0 fully saturated rings. The average Bonchev–Trinajstić information content (AvgIpc) is 2.46. The highest BCUT2D eigenvalue weighted by Crippen LogP contribution is 2.10. The van der Waals surface area contributed by atoms with E-state index in [1.807, 2.05) is 0 Å². The molecule has 0 unspecified atom stereocenters. The first kappa shape index (κ1) is 20.2. The van der Waals surface area contributed by atoms with E-state index in [2.05, 4.69) is 19.1 Å². The monoisotopic (exact) mass is 296 g/mol. The SMILES string of the molecule is CCCCCCCC=CCCCCCCCCCC(=O)O. The number of allylic oxidation sites excluding steroid dienone is 2. The van der Waals surface area contributed by atoms with Crippen molar-refractivity contribution >= 4 is 5.97 Å². The molecule has 0 amide bonds. The van der Waals surface area contributed by atoms with Crippen LogP contribution in [0.1, 0.15) is 103 Å². The van der Waals surface area contributed by atoms with Crippen molar-refractivity contribution < 1.29 is 9.90 Å². The van der Waals surface area contributed by atoms with Crippen LogP contribution in [0.4, 0.5) is 0 Å². The van der Waals surface area contributed by atoms with Crippen LogP contribution in [0.15, 0.2) is 12.2 Å². The molecule has 2 heteroatoms. The smallest absolute Gasteiger partial charge is 0.303 e. The Labute approximate surface area is 132 Å². The third-order valence-electron chi connectivity index (χ3n) is 3.90. The van der Waals surface area contributed by atoms with E-state index in [9.17, 15) is 4.79 Å². The van der Waals surface area contributed by atoms with E-state index < -0.39 is 5.97 Å². The molecule has 0 aliphatic heterocycles. The van der Waals surface area contributed by atoms with Gasteiger partial charge in [0.2, 0.25) is 0 Å². The summed E-state index contributed by atoms with van der Waals surface area (Å²) in [7, 11) is 0. The molecule has 0 saturated carbocycles. The van der Waals surface area contributed by atoms with Crippen molar-refractivity contribution in [3.63, 3.8) is 0 Å². The lowest BCUT2D eigenvalue weighted by molar-refractivity contribution is -0.137. The lowest BCUT2D eigenvalue weighted by atomic mass is 10.1. The third-order valence-corrected chi connectivity index (χ3v) is 3.90. The van der Waals surface area contributed by atoms with Crippen molar-refractivity contribution in [2.45, 2.75) is 103 Å². The summed E-state index contributed by atoms with van der Waals surface area (Å²) in [4.78, 5) is 10.3. The van der Waals surface area contributed by atoms with Gasteiger partial charge >= 0.3 is 5.97 Å². The van der Waals surface area contributed by atoms with Crippen LogP contribution in [-0.4, -0.2) is 11.1 Å². The third kappa shape index (κ3) is 19.2. The van der Waals surface area contributed by atoms with E-state index in [-0.39, 0.29) is 0 Å². The zero-order chi connectivity index (χ0) is 15.6. The number of carboxylic acid groups (broad SMARTS) is 1. The number of unbranched alkanes of at least 4 members (excludes halogenated alkanes) is 12. The summed E-state index contributed by atoms with van der Waals surface area (Å²) >= 11 is 0. The normalized spacial score (nSPS) is 11.3. The van der Waals surface area contributed by atoms with Crippen LogP contribution in [0, 0.1) is 0 Å². The Bertz CT molecular complexity index is 246. The molecule has 0 aliphatic rings. The minimum absolute atomic E-state index is 0.337. The van der Waals surface area contributed by atoms with Gasteiger partial charge in [0, 0.05) is 6.42 Å². The maximum atomic E-state index is 10.3. The predicted octanol–water partition coefficient (Wildman–Crippen LogP) is 6.50. The fourth-order valence-electron chi connectivity index (χ4n) is 2.52. The minimum Gasteiger partial charge on any atom is -0.481 e. The topological polar surface area (TPSA) is 37.3 Å². The van der Waals surface area contributed by atoms with Crippen LogP contribution in [0.2, 0.25) is 0 Å². The summed E-state index contributed by atoms with van der Waals surface area (Å²) in [5.74, 6) is -0.660. The molecule has 124 valence electrons. The fraction of sp³-hybridized carbons (Fsp3) is 0.842. The highest BCUT2D eigenvalue weighted by atomic mass is 16.4. The minimum atomic E-state index is -0.660. The van der Waals surface area contributed by atoms with Gasteiger partial charge in [0.05, 0.1) is 0 Å². The molecule has 0 spiro atoms. The summed E-state index contributed by atoms with van der Waals surface area (Å²) in [5, 5.41) is 8.52. The average molecular weight is 296 g/mol. The van der Waals surface area contributed by atoms with Crippen molar-refractivity contribution in [1.29, 1.82) is 0 Å². The van der Waals surface area contributed by atoms with Crippen molar-refractivity contribution in [2.75, 3.05) is 0 Å². The molecule has 0 rings (SSSR count). The van der Waals surface area contributed by atoms with Gasteiger partial charge < -0.3 is 5.11 Å². The Kier molecular flexibility index (Phi) is 16.6. The van der Waals surface area contributed by atoms with Crippen LogP contribution in [-0.2, 0) is 4.79 Å². The van der Waals surface area contributed by atoms with E-state index in [4.69, 9.17) is 5.11 Å². The maximum Gasteiger partial charge on any atom is 0.303 e.